The van der Waals surface area contributed by atoms with Crippen LogP contribution >= 0.6 is 0 Å². The standard InChI is InChI=1S/C22H37N5O4Si/c1-10-14-13(4)16(31-32(8,9)22(5,6)7)20(30-14)27-11-23-15-17(27)24-21(26-19(15)29)25-18(28)12(2)3/h11-14,16,20H,10H2,1-9H3,(H2,24,25,26,28,29)/t13-,14-,16-,20-/m1/s1. The molecule has 0 aromatic carbocycles. The molecule has 0 aliphatic carbocycles. The van der Waals surface area contributed by atoms with Crippen LogP contribution in [0.15, 0.2) is 11.1 Å². The van der Waals surface area contributed by atoms with Gasteiger partial charge < -0.3 is 9.16 Å². The molecule has 1 aliphatic heterocycles. The molecule has 1 aliphatic rings. The summed E-state index contributed by atoms with van der Waals surface area (Å²) in [5.74, 6) is -0.205. The lowest BCUT2D eigenvalue weighted by Crippen LogP contribution is -2.46. The summed E-state index contributed by atoms with van der Waals surface area (Å²) in [6.07, 6.45) is 1.79. The maximum absolute atomic E-state index is 12.6. The first-order valence-electron chi connectivity index (χ1n) is 11.4. The number of H-pyrrole nitrogens is 1. The minimum Gasteiger partial charge on any atom is -0.409 e. The summed E-state index contributed by atoms with van der Waals surface area (Å²) >= 11 is 0. The van der Waals surface area contributed by atoms with Gasteiger partial charge in [-0.15, -0.1) is 0 Å². The number of imidazole rings is 1. The van der Waals surface area contributed by atoms with E-state index in [1.54, 1.807) is 24.7 Å². The molecule has 1 amide bonds. The van der Waals surface area contributed by atoms with Gasteiger partial charge in [0.05, 0.1) is 18.5 Å². The van der Waals surface area contributed by atoms with Gasteiger partial charge in [-0.2, -0.15) is 4.98 Å². The molecule has 2 N–H and O–H groups in total. The van der Waals surface area contributed by atoms with Crippen LogP contribution in [0.5, 0.6) is 0 Å². The van der Waals surface area contributed by atoms with Crippen LogP contribution in [0.2, 0.25) is 18.1 Å². The minimum atomic E-state index is -2.09. The SMILES string of the molecule is CC[C@H]1O[C@@H](n2cnc3c(=O)[nH]c(NC(=O)C(C)C)nc32)[C@H](O[Si](C)(C)C(C)(C)C)[C@@H]1C. The highest BCUT2D eigenvalue weighted by Gasteiger charge is 2.49. The minimum absolute atomic E-state index is 0.0225. The molecule has 3 heterocycles. The van der Waals surface area contributed by atoms with Crippen LogP contribution < -0.4 is 10.9 Å². The summed E-state index contributed by atoms with van der Waals surface area (Å²) in [7, 11) is -2.09. The van der Waals surface area contributed by atoms with Gasteiger partial charge in [0.1, 0.15) is 0 Å². The normalized spacial score (nSPS) is 24.4. The fraction of sp³-hybridized carbons (Fsp3) is 0.727. The fourth-order valence-electron chi connectivity index (χ4n) is 3.66. The number of rotatable bonds is 6. The van der Waals surface area contributed by atoms with Gasteiger partial charge in [-0.1, -0.05) is 48.5 Å². The zero-order valence-corrected chi connectivity index (χ0v) is 21.6. The average Bonchev–Trinajstić information content (AvgIpc) is 3.22. The molecule has 0 bridgehead atoms. The number of nitrogens with one attached hydrogen (secondary N) is 2. The Morgan fingerprint density at radius 2 is 2.03 bits per heavy atom. The number of ether oxygens (including phenoxy) is 1. The topological polar surface area (TPSA) is 111 Å². The van der Waals surface area contributed by atoms with E-state index in [0.717, 1.165) is 6.42 Å². The number of fused-ring (bicyclic) bond motifs is 1. The Bertz CT molecular complexity index is 1040. The number of nitrogens with zero attached hydrogens (tertiary/aromatic N) is 3. The van der Waals surface area contributed by atoms with Crippen molar-refractivity contribution >= 4 is 31.3 Å². The first-order valence-corrected chi connectivity index (χ1v) is 14.3. The maximum atomic E-state index is 12.6. The van der Waals surface area contributed by atoms with Crippen molar-refractivity contribution in [3.8, 4) is 0 Å². The highest BCUT2D eigenvalue weighted by molar-refractivity contribution is 6.74. The Balaban J connectivity index is 2.05. The third-order valence-electron chi connectivity index (χ3n) is 6.81. The zero-order chi connectivity index (χ0) is 24.0. The fourth-order valence-corrected chi connectivity index (χ4v) is 5.02. The number of aromatic nitrogens is 4. The number of hydrogen-bond acceptors (Lipinski definition) is 6. The van der Waals surface area contributed by atoms with Gasteiger partial charge in [-0.3, -0.25) is 24.5 Å². The first-order chi connectivity index (χ1) is 14.8. The van der Waals surface area contributed by atoms with Crippen LogP contribution in [-0.2, 0) is 14.0 Å². The largest absolute Gasteiger partial charge is 0.409 e. The van der Waals surface area contributed by atoms with Crippen molar-refractivity contribution in [2.45, 2.75) is 91.5 Å². The zero-order valence-electron chi connectivity index (χ0n) is 20.6. The van der Waals surface area contributed by atoms with Crippen LogP contribution in [0.3, 0.4) is 0 Å². The van der Waals surface area contributed by atoms with E-state index in [9.17, 15) is 9.59 Å². The van der Waals surface area contributed by atoms with Crippen molar-refractivity contribution in [3.05, 3.63) is 16.7 Å². The number of carbonyl (C=O) groups excluding carboxylic acids is 1. The molecule has 0 radical (unpaired) electrons. The van der Waals surface area contributed by atoms with E-state index in [0.29, 0.717) is 5.65 Å². The predicted octanol–water partition coefficient (Wildman–Crippen LogP) is 4.05. The molecular weight excluding hydrogens is 426 g/mol. The van der Waals surface area contributed by atoms with Crippen molar-refractivity contribution < 1.29 is 14.0 Å². The van der Waals surface area contributed by atoms with Gasteiger partial charge in [0.2, 0.25) is 11.9 Å². The van der Waals surface area contributed by atoms with Gasteiger partial charge in [0.25, 0.3) is 5.56 Å². The molecule has 32 heavy (non-hydrogen) atoms. The number of aromatic amines is 1. The van der Waals surface area contributed by atoms with E-state index in [1.165, 1.54) is 0 Å². The van der Waals surface area contributed by atoms with Crippen molar-refractivity contribution in [2.75, 3.05) is 5.32 Å². The smallest absolute Gasteiger partial charge is 0.280 e. The number of carbonyl (C=O) groups is 1. The van der Waals surface area contributed by atoms with E-state index >= 15 is 0 Å². The van der Waals surface area contributed by atoms with Crippen LogP contribution in [0, 0.1) is 11.8 Å². The molecule has 2 aromatic heterocycles. The summed E-state index contributed by atoms with van der Waals surface area (Å²) < 4.78 is 15.0. The molecule has 2 aromatic rings. The molecule has 1 saturated heterocycles. The van der Waals surface area contributed by atoms with Gasteiger partial charge in [0.15, 0.2) is 25.7 Å². The van der Waals surface area contributed by atoms with Crippen molar-refractivity contribution in [3.63, 3.8) is 0 Å². The Morgan fingerprint density at radius 3 is 2.59 bits per heavy atom. The second-order valence-corrected chi connectivity index (χ2v) is 15.3. The van der Waals surface area contributed by atoms with Crippen molar-refractivity contribution in [2.24, 2.45) is 11.8 Å². The summed E-state index contributed by atoms with van der Waals surface area (Å²) in [5.41, 5.74) is 0.160. The monoisotopic (exact) mass is 463 g/mol. The molecule has 3 rings (SSSR count). The van der Waals surface area contributed by atoms with Crippen molar-refractivity contribution in [1.82, 2.24) is 19.5 Å². The van der Waals surface area contributed by atoms with Crippen LogP contribution in [-0.4, -0.2) is 46.0 Å². The lowest BCUT2D eigenvalue weighted by molar-refractivity contribution is -0.118. The third kappa shape index (κ3) is 4.53. The Morgan fingerprint density at radius 1 is 1.38 bits per heavy atom. The van der Waals surface area contributed by atoms with E-state index in [2.05, 4.69) is 68.0 Å². The van der Waals surface area contributed by atoms with Crippen molar-refractivity contribution in [1.29, 1.82) is 0 Å². The van der Waals surface area contributed by atoms with E-state index in [4.69, 9.17) is 9.16 Å². The Labute approximate surface area is 190 Å². The van der Waals surface area contributed by atoms with Gasteiger partial charge in [0, 0.05) is 11.8 Å². The third-order valence-corrected chi connectivity index (χ3v) is 11.3. The van der Waals surface area contributed by atoms with Gasteiger partial charge >= 0.3 is 0 Å². The number of hydrogen-bond donors (Lipinski definition) is 2. The number of anilines is 1. The molecule has 1 fully saturated rings. The molecule has 9 nitrogen and oxygen atoms in total. The molecular formula is C22H37N5O4Si. The second-order valence-electron chi connectivity index (χ2n) is 10.6. The van der Waals surface area contributed by atoms with E-state index in [1.807, 2.05) is 0 Å². The van der Waals surface area contributed by atoms with Crippen LogP contribution in [0.25, 0.3) is 11.2 Å². The summed E-state index contributed by atoms with van der Waals surface area (Å²) in [6.45, 7) is 18.9. The van der Waals surface area contributed by atoms with E-state index in [-0.39, 0.29) is 46.5 Å². The van der Waals surface area contributed by atoms with Gasteiger partial charge in [-0.25, -0.2) is 4.98 Å². The van der Waals surface area contributed by atoms with Crippen LogP contribution in [0.1, 0.15) is 61.1 Å². The average molecular weight is 464 g/mol. The Hall–Kier alpha value is -2.04. The van der Waals surface area contributed by atoms with E-state index < -0.39 is 20.1 Å². The molecule has 178 valence electrons. The molecule has 0 saturated carbocycles. The Kier molecular flexibility index (Phi) is 6.70. The summed E-state index contributed by atoms with van der Waals surface area (Å²) in [5, 5.41) is 2.71. The lowest BCUT2D eigenvalue weighted by atomic mass is 9.99. The van der Waals surface area contributed by atoms with Gasteiger partial charge in [-0.05, 0) is 24.6 Å². The number of amides is 1. The second kappa shape index (κ2) is 8.72. The highest BCUT2D eigenvalue weighted by atomic mass is 28.4. The molecule has 4 atom stereocenters. The predicted molar refractivity (Wildman–Crippen MR) is 127 cm³/mol. The lowest BCUT2D eigenvalue weighted by Gasteiger charge is -2.40. The molecule has 0 unspecified atom stereocenters. The first kappa shape index (κ1) is 24.6. The highest BCUT2D eigenvalue weighted by Crippen LogP contribution is 2.44. The molecule has 0 spiro atoms. The maximum Gasteiger partial charge on any atom is 0.280 e. The summed E-state index contributed by atoms with van der Waals surface area (Å²) in [6, 6.07) is 0. The quantitative estimate of drug-likeness (QED) is 0.625. The summed E-state index contributed by atoms with van der Waals surface area (Å²) in [4.78, 5) is 36.1. The van der Waals surface area contributed by atoms with Crippen LogP contribution in [0.4, 0.5) is 5.95 Å². The molecule has 10 heteroatoms.